The molecule has 2 heterocycles. The van der Waals surface area contributed by atoms with Crippen LogP contribution in [0.2, 0.25) is 0 Å². The van der Waals surface area contributed by atoms with Gasteiger partial charge in [-0.15, -0.1) is 0 Å². The summed E-state index contributed by atoms with van der Waals surface area (Å²) in [5.41, 5.74) is 1.57. The van der Waals surface area contributed by atoms with Gasteiger partial charge in [-0.1, -0.05) is 35.0 Å². The molecule has 0 radical (unpaired) electrons. The van der Waals surface area contributed by atoms with Crippen LogP contribution in [-0.4, -0.2) is 72.8 Å². The summed E-state index contributed by atoms with van der Waals surface area (Å²) >= 11 is 3.43. The molecular formula is C26H32BrN3O5S. The first kappa shape index (κ1) is 26.6. The van der Waals surface area contributed by atoms with E-state index < -0.39 is 22.2 Å². The van der Waals surface area contributed by atoms with Gasteiger partial charge in [-0.3, -0.25) is 9.59 Å². The van der Waals surface area contributed by atoms with Gasteiger partial charge in [0.25, 0.3) is 0 Å². The highest BCUT2D eigenvalue weighted by Crippen LogP contribution is 2.34. The largest absolute Gasteiger partial charge is 0.497 e. The molecule has 2 aromatic rings. The molecule has 2 aliphatic rings. The summed E-state index contributed by atoms with van der Waals surface area (Å²) in [6.07, 6.45) is 0.0989. The van der Waals surface area contributed by atoms with E-state index in [2.05, 4.69) is 15.9 Å². The third-order valence-corrected chi connectivity index (χ3v) is 9.44. The number of hydrogen-bond acceptors (Lipinski definition) is 5. The van der Waals surface area contributed by atoms with Crippen molar-refractivity contribution in [1.82, 2.24) is 14.1 Å². The lowest BCUT2D eigenvalue weighted by atomic mass is 9.97. The number of carbonyl (C=O) groups excluding carboxylic acids is 2. The van der Waals surface area contributed by atoms with Gasteiger partial charge in [0.15, 0.2) is 0 Å². The Kier molecular flexibility index (Phi) is 7.78. The Morgan fingerprint density at radius 1 is 1.11 bits per heavy atom. The van der Waals surface area contributed by atoms with Crippen molar-refractivity contribution in [1.29, 1.82) is 0 Å². The molecule has 0 aromatic heterocycles. The molecule has 4 rings (SSSR count). The van der Waals surface area contributed by atoms with E-state index in [1.165, 1.54) is 9.21 Å². The fourth-order valence-corrected chi connectivity index (χ4v) is 7.30. The summed E-state index contributed by atoms with van der Waals surface area (Å²) in [5, 5.41) is 0. The van der Waals surface area contributed by atoms with Gasteiger partial charge in [-0.2, -0.15) is 4.31 Å². The van der Waals surface area contributed by atoms with Gasteiger partial charge in [0.1, 0.15) is 18.0 Å². The van der Waals surface area contributed by atoms with Crippen molar-refractivity contribution in [2.45, 2.75) is 63.2 Å². The van der Waals surface area contributed by atoms with Gasteiger partial charge >= 0.3 is 0 Å². The first-order valence-electron chi connectivity index (χ1n) is 12.1. The van der Waals surface area contributed by atoms with E-state index in [0.717, 1.165) is 10.0 Å². The molecule has 36 heavy (non-hydrogen) atoms. The topological polar surface area (TPSA) is 87.2 Å². The van der Waals surface area contributed by atoms with Crippen molar-refractivity contribution < 1.29 is 22.7 Å². The Morgan fingerprint density at radius 2 is 1.81 bits per heavy atom. The molecule has 0 aliphatic carbocycles. The fraction of sp³-hybridized carbons (Fsp3) is 0.462. The highest BCUT2D eigenvalue weighted by atomic mass is 79.9. The number of rotatable bonds is 7. The number of ether oxygens (including phenoxy) is 1. The maximum Gasteiger partial charge on any atom is 0.246 e. The Morgan fingerprint density at radius 3 is 2.42 bits per heavy atom. The van der Waals surface area contributed by atoms with Crippen LogP contribution in [0.5, 0.6) is 5.75 Å². The molecule has 2 aliphatic heterocycles. The SMILES string of the molecule is CCc1cc(Br)ccc1S(=O)(=O)N1CCC(=O)N2C(Cc3ccc(OC)cc3)C(=O)N(C(C)C)CC21. The van der Waals surface area contributed by atoms with Crippen molar-refractivity contribution in [2.24, 2.45) is 0 Å². The van der Waals surface area contributed by atoms with Crippen LogP contribution in [0.25, 0.3) is 0 Å². The highest BCUT2D eigenvalue weighted by Gasteiger charge is 2.51. The van der Waals surface area contributed by atoms with E-state index in [-0.39, 0.29) is 42.3 Å². The Labute approximate surface area is 221 Å². The van der Waals surface area contributed by atoms with Crippen LogP contribution in [0, 0.1) is 0 Å². The van der Waals surface area contributed by atoms with Crippen molar-refractivity contribution in [3.05, 3.63) is 58.1 Å². The standard InChI is InChI=1S/C26H32BrN3O5S/c1-5-19-15-20(27)8-11-23(19)36(33,34)29-13-12-25(31)30-22(14-18-6-9-21(35-4)10-7-18)26(32)28(17(2)3)16-24(29)30/h6-11,15,17,22,24H,5,12-14,16H2,1-4H3. The lowest BCUT2D eigenvalue weighted by Crippen LogP contribution is -2.72. The lowest BCUT2D eigenvalue weighted by molar-refractivity contribution is -0.166. The lowest BCUT2D eigenvalue weighted by Gasteiger charge is -2.52. The van der Waals surface area contributed by atoms with Crippen molar-refractivity contribution >= 4 is 37.8 Å². The molecule has 2 atom stereocenters. The van der Waals surface area contributed by atoms with Gasteiger partial charge in [0.2, 0.25) is 21.8 Å². The van der Waals surface area contributed by atoms with Crippen LogP contribution in [0.3, 0.4) is 0 Å². The predicted molar refractivity (Wildman–Crippen MR) is 140 cm³/mol. The van der Waals surface area contributed by atoms with E-state index in [4.69, 9.17) is 4.74 Å². The summed E-state index contributed by atoms with van der Waals surface area (Å²) in [5.74, 6) is 0.332. The second-order valence-electron chi connectivity index (χ2n) is 9.41. The molecule has 0 N–H and O–H groups in total. The average Bonchev–Trinajstić information content (AvgIpc) is 2.85. The summed E-state index contributed by atoms with van der Waals surface area (Å²) in [7, 11) is -2.34. The molecule has 194 valence electrons. The number of aryl methyl sites for hydroxylation is 1. The zero-order chi connectivity index (χ0) is 26.2. The van der Waals surface area contributed by atoms with Crippen LogP contribution >= 0.6 is 15.9 Å². The second kappa shape index (κ2) is 10.5. The Balaban J connectivity index is 1.75. The minimum atomic E-state index is -3.92. The van der Waals surface area contributed by atoms with Crippen molar-refractivity contribution in [3.63, 3.8) is 0 Å². The van der Waals surface area contributed by atoms with Gasteiger partial charge < -0.3 is 14.5 Å². The van der Waals surface area contributed by atoms with E-state index in [9.17, 15) is 18.0 Å². The number of nitrogens with zero attached hydrogens (tertiary/aromatic N) is 3. The van der Waals surface area contributed by atoms with Crippen LogP contribution in [0.15, 0.2) is 51.8 Å². The molecule has 2 aromatic carbocycles. The smallest absolute Gasteiger partial charge is 0.246 e. The van der Waals surface area contributed by atoms with Gasteiger partial charge in [-0.05, 0) is 61.7 Å². The summed E-state index contributed by atoms with van der Waals surface area (Å²) in [4.78, 5) is 30.3. The van der Waals surface area contributed by atoms with Gasteiger partial charge in [0, 0.05) is 29.9 Å². The first-order valence-corrected chi connectivity index (χ1v) is 14.4. The van der Waals surface area contributed by atoms with Crippen molar-refractivity contribution in [3.8, 4) is 5.75 Å². The van der Waals surface area contributed by atoms with Crippen LogP contribution in [-0.2, 0) is 32.5 Å². The third-order valence-electron chi connectivity index (χ3n) is 6.95. The molecule has 0 spiro atoms. The number of carbonyl (C=O) groups is 2. The van der Waals surface area contributed by atoms with Gasteiger partial charge in [-0.25, -0.2) is 8.42 Å². The quantitative estimate of drug-likeness (QED) is 0.503. The van der Waals surface area contributed by atoms with E-state index in [1.54, 1.807) is 24.1 Å². The van der Waals surface area contributed by atoms with E-state index in [1.807, 2.05) is 51.1 Å². The minimum absolute atomic E-state index is 0.0296. The molecule has 8 nitrogen and oxygen atoms in total. The van der Waals surface area contributed by atoms with E-state index >= 15 is 0 Å². The molecule has 10 heteroatoms. The molecular weight excluding hydrogens is 546 g/mol. The van der Waals surface area contributed by atoms with Crippen LogP contribution in [0.4, 0.5) is 0 Å². The highest BCUT2D eigenvalue weighted by molar-refractivity contribution is 9.10. The summed E-state index contributed by atoms with van der Waals surface area (Å²) < 4.78 is 35.4. The summed E-state index contributed by atoms with van der Waals surface area (Å²) in [6.45, 7) is 5.95. The number of fused-ring (bicyclic) bond motifs is 1. The monoisotopic (exact) mass is 577 g/mol. The predicted octanol–water partition coefficient (Wildman–Crippen LogP) is 3.43. The Bertz CT molecular complexity index is 1250. The maximum atomic E-state index is 14.0. The van der Waals surface area contributed by atoms with Gasteiger partial charge in [0.05, 0.1) is 18.6 Å². The average molecular weight is 579 g/mol. The fourth-order valence-electron chi connectivity index (χ4n) is 5.04. The number of amides is 2. The second-order valence-corrected chi connectivity index (χ2v) is 12.2. The minimum Gasteiger partial charge on any atom is -0.497 e. The zero-order valence-corrected chi connectivity index (χ0v) is 23.4. The normalized spacial score (nSPS) is 21.2. The molecule has 2 unspecified atom stereocenters. The third kappa shape index (κ3) is 4.90. The van der Waals surface area contributed by atoms with E-state index in [0.29, 0.717) is 24.2 Å². The van der Waals surface area contributed by atoms with Crippen LogP contribution < -0.4 is 4.74 Å². The number of piperazine rings is 1. The molecule has 0 bridgehead atoms. The number of benzene rings is 2. The molecule has 0 saturated carbocycles. The summed E-state index contributed by atoms with van der Waals surface area (Å²) in [6, 6.07) is 11.6. The molecule has 2 saturated heterocycles. The first-order chi connectivity index (χ1) is 17.1. The number of halogens is 1. The number of hydrogen-bond donors (Lipinski definition) is 0. The van der Waals surface area contributed by atoms with Crippen LogP contribution in [0.1, 0.15) is 38.3 Å². The number of sulfonamides is 1. The molecule has 2 amide bonds. The molecule has 2 fully saturated rings. The maximum absolute atomic E-state index is 14.0. The van der Waals surface area contributed by atoms with Crippen molar-refractivity contribution in [2.75, 3.05) is 20.2 Å². The Hall–Kier alpha value is -2.43. The zero-order valence-electron chi connectivity index (χ0n) is 21.0. The number of methoxy groups -OCH3 is 1.